The molecular weight excluding hydrogens is 308 g/mol. The maximum atomic E-state index is 4.55. The number of hydrogen-bond donors (Lipinski definition) is 0. The molecule has 0 amide bonds. The second-order valence-electron chi connectivity index (χ2n) is 5.75. The van der Waals surface area contributed by atoms with Crippen LogP contribution in [-0.4, -0.2) is 47.3 Å². The summed E-state index contributed by atoms with van der Waals surface area (Å²) in [4.78, 5) is 6.58. The molecule has 1 saturated heterocycles. The van der Waals surface area contributed by atoms with E-state index in [0.29, 0.717) is 0 Å². The molecule has 0 N–H and O–H groups in total. The first-order valence-electron chi connectivity index (χ1n) is 7.76. The Morgan fingerprint density at radius 3 is 2.48 bits per heavy atom. The van der Waals surface area contributed by atoms with E-state index >= 15 is 0 Å². The van der Waals surface area contributed by atoms with Crippen LogP contribution in [-0.2, 0) is 6.54 Å². The van der Waals surface area contributed by atoms with E-state index in [2.05, 4.69) is 51.2 Å². The number of piperazine rings is 1. The van der Waals surface area contributed by atoms with Crippen LogP contribution in [0, 0.1) is 6.92 Å². The molecule has 1 aromatic heterocycles. The lowest BCUT2D eigenvalue weighted by Gasteiger charge is -2.33. The van der Waals surface area contributed by atoms with Gasteiger partial charge in [0.2, 0.25) is 0 Å². The Kier molecular flexibility index (Phi) is 6.56. The first-order chi connectivity index (χ1) is 10.8. The van der Waals surface area contributed by atoms with Crippen molar-refractivity contribution in [1.82, 2.24) is 14.9 Å². The average molecular weight is 331 g/mol. The molecule has 1 aliphatic rings. The second-order valence-corrected chi connectivity index (χ2v) is 5.75. The summed E-state index contributed by atoms with van der Waals surface area (Å²) in [5.74, 6) is 0. The van der Waals surface area contributed by atoms with Crippen LogP contribution in [0.5, 0.6) is 0 Å². The van der Waals surface area contributed by atoms with Crippen molar-refractivity contribution in [1.29, 1.82) is 0 Å². The van der Waals surface area contributed by atoms with Crippen molar-refractivity contribution in [3.05, 3.63) is 65.5 Å². The van der Waals surface area contributed by atoms with Crippen molar-refractivity contribution in [3.63, 3.8) is 0 Å². The summed E-state index contributed by atoms with van der Waals surface area (Å²) in [6.45, 7) is 7.21. The smallest absolute Gasteiger partial charge is 0.0558 e. The highest BCUT2D eigenvalue weighted by Gasteiger charge is 2.15. The molecule has 0 aliphatic carbocycles. The van der Waals surface area contributed by atoms with Gasteiger partial charge in [-0.05, 0) is 18.6 Å². The lowest BCUT2D eigenvalue weighted by Crippen LogP contribution is -2.43. The van der Waals surface area contributed by atoms with Crippen molar-refractivity contribution >= 4 is 18.6 Å². The third-order valence-corrected chi connectivity index (χ3v) is 3.93. The van der Waals surface area contributed by atoms with E-state index < -0.39 is 0 Å². The molecule has 0 bridgehead atoms. The highest BCUT2D eigenvalue weighted by molar-refractivity contribution is 5.85. The number of nitrogens with zero attached hydrogens (tertiary/aromatic N) is 4. The highest BCUT2D eigenvalue weighted by atomic mass is 35.5. The minimum absolute atomic E-state index is 0. The molecule has 5 heteroatoms. The molecule has 4 nitrogen and oxygen atoms in total. The zero-order valence-electron chi connectivity index (χ0n) is 13.4. The van der Waals surface area contributed by atoms with Gasteiger partial charge in [0.15, 0.2) is 0 Å². The van der Waals surface area contributed by atoms with E-state index in [1.807, 2.05) is 24.5 Å². The first-order valence-corrected chi connectivity index (χ1v) is 7.76. The Labute approximate surface area is 144 Å². The summed E-state index contributed by atoms with van der Waals surface area (Å²) in [6.07, 6.45) is 5.50. The highest BCUT2D eigenvalue weighted by Crippen LogP contribution is 2.10. The van der Waals surface area contributed by atoms with Gasteiger partial charge in [0.1, 0.15) is 0 Å². The quantitative estimate of drug-likeness (QED) is 0.808. The fourth-order valence-electron chi connectivity index (χ4n) is 2.56. The maximum Gasteiger partial charge on any atom is 0.0558 e. The molecule has 0 saturated carbocycles. The zero-order chi connectivity index (χ0) is 15.2. The largest absolute Gasteiger partial charge is 0.295 e. The van der Waals surface area contributed by atoms with Crippen LogP contribution in [0.4, 0.5) is 0 Å². The van der Waals surface area contributed by atoms with Gasteiger partial charge in [-0.1, -0.05) is 35.9 Å². The molecule has 1 aromatic carbocycles. The minimum Gasteiger partial charge on any atom is -0.295 e. The third-order valence-electron chi connectivity index (χ3n) is 3.93. The zero-order valence-corrected chi connectivity index (χ0v) is 14.2. The summed E-state index contributed by atoms with van der Waals surface area (Å²) in [5.41, 5.74) is 3.75. The third kappa shape index (κ3) is 5.34. The van der Waals surface area contributed by atoms with Gasteiger partial charge >= 0.3 is 0 Å². The van der Waals surface area contributed by atoms with Crippen molar-refractivity contribution in [2.24, 2.45) is 5.10 Å². The van der Waals surface area contributed by atoms with Gasteiger partial charge in [-0.3, -0.25) is 14.9 Å². The summed E-state index contributed by atoms with van der Waals surface area (Å²) in [5, 5.41) is 6.69. The lowest BCUT2D eigenvalue weighted by molar-refractivity contribution is 0.131. The van der Waals surface area contributed by atoms with Crippen molar-refractivity contribution < 1.29 is 0 Å². The topological polar surface area (TPSA) is 31.7 Å². The molecule has 122 valence electrons. The van der Waals surface area contributed by atoms with Crippen molar-refractivity contribution in [2.75, 3.05) is 26.2 Å². The van der Waals surface area contributed by atoms with Crippen LogP contribution in [0.3, 0.4) is 0 Å². The number of benzene rings is 1. The summed E-state index contributed by atoms with van der Waals surface area (Å²) in [6, 6.07) is 12.8. The number of aryl methyl sites for hydroxylation is 1. The van der Waals surface area contributed by atoms with Crippen LogP contribution in [0.25, 0.3) is 0 Å². The normalized spacial score (nSPS) is 15.6. The van der Waals surface area contributed by atoms with E-state index in [9.17, 15) is 0 Å². The number of rotatable bonds is 4. The monoisotopic (exact) mass is 330 g/mol. The standard InChI is InChI=1S/C18H22N4.ClH/c1-16-4-6-17(7-5-16)15-21-9-11-22(12-10-21)20-14-18-3-2-8-19-13-18;/h2-8,13-14H,9-12,15H2,1H3;1H/b20-14+;. The van der Waals surface area contributed by atoms with Gasteiger partial charge in [-0.25, -0.2) is 0 Å². The second kappa shape index (κ2) is 8.65. The summed E-state index contributed by atoms with van der Waals surface area (Å²) in [7, 11) is 0. The van der Waals surface area contributed by atoms with Gasteiger partial charge in [-0.15, -0.1) is 12.4 Å². The molecular formula is C18H23ClN4. The maximum absolute atomic E-state index is 4.55. The lowest BCUT2D eigenvalue weighted by atomic mass is 10.1. The molecule has 0 unspecified atom stereocenters. The Balaban J connectivity index is 0.00000192. The van der Waals surface area contributed by atoms with Crippen LogP contribution in [0.2, 0.25) is 0 Å². The number of pyridine rings is 1. The molecule has 0 spiro atoms. The minimum atomic E-state index is 0. The van der Waals surface area contributed by atoms with Gasteiger partial charge < -0.3 is 0 Å². The Bertz CT molecular complexity index is 605. The van der Waals surface area contributed by atoms with Gasteiger partial charge in [-0.2, -0.15) is 5.10 Å². The molecule has 0 atom stereocenters. The fraction of sp³-hybridized carbons (Fsp3) is 0.333. The van der Waals surface area contributed by atoms with E-state index in [1.54, 1.807) is 6.20 Å². The molecule has 0 radical (unpaired) electrons. The molecule has 1 fully saturated rings. The van der Waals surface area contributed by atoms with Gasteiger partial charge in [0.05, 0.1) is 6.21 Å². The summed E-state index contributed by atoms with van der Waals surface area (Å²) < 4.78 is 0. The molecule has 2 aromatic rings. The summed E-state index contributed by atoms with van der Waals surface area (Å²) >= 11 is 0. The van der Waals surface area contributed by atoms with E-state index in [-0.39, 0.29) is 12.4 Å². The molecule has 23 heavy (non-hydrogen) atoms. The Hall–Kier alpha value is -1.91. The van der Waals surface area contributed by atoms with Gasteiger partial charge in [0, 0.05) is 50.7 Å². The number of halogens is 1. The number of hydrazone groups is 1. The van der Waals surface area contributed by atoms with E-state index in [4.69, 9.17) is 0 Å². The fourth-order valence-corrected chi connectivity index (χ4v) is 2.56. The molecule has 1 aliphatic heterocycles. The van der Waals surface area contributed by atoms with Gasteiger partial charge in [0.25, 0.3) is 0 Å². The number of aromatic nitrogens is 1. The van der Waals surface area contributed by atoms with Crippen LogP contribution < -0.4 is 0 Å². The predicted octanol–water partition coefficient (Wildman–Crippen LogP) is 2.96. The SMILES string of the molecule is Cc1ccc(CN2CCN(/N=C/c3cccnc3)CC2)cc1.Cl. The van der Waals surface area contributed by atoms with E-state index in [0.717, 1.165) is 38.3 Å². The van der Waals surface area contributed by atoms with Crippen molar-refractivity contribution in [3.8, 4) is 0 Å². The molecule has 3 rings (SSSR count). The predicted molar refractivity (Wildman–Crippen MR) is 97.1 cm³/mol. The first kappa shape index (κ1) is 17.4. The average Bonchev–Trinajstić information content (AvgIpc) is 2.57. The van der Waals surface area contributed by atoms with Crippen LogP contribution in [0.15, 0.2) is 53.9 Å². The van der Waals surface area contributed by atoms with Crippen LogP contribution in [0.1, 0.15) is 16.7 Å². The van der Waals surface area contributed by atoms with Crippen LogP contribution >= 0.6 is 12.4 Å². The molecule has 2 heterocycles. The van der Waals surface area contributed by atoms with E-state index in [1.165, 1.54) is 11.1 Å². The Morgan fingerprint density at radius 2 is 1.83 bits per heavy atom. The number of hydrogen-bond acceptors (Lipinski definition) is 4. The van der Waals surface area contributed by atoms with Crippen molar-refractivity contribution in [2.45, 2.75) is 13.5 Å². The Morgan fingerprint density at radius 1 is 1.09 bits per heavy atom.